The Morgan fingerprint density at radius 3 is 2.52 bits per heavy atom. The average Bonchev–Trinajstić information content (AvgIpc) is 2.85. The second kappa shape index (κ2) is 13.1. The highest BCUT2D eigenvalue weighted by atomic mass is 127. The molecule has 0 amide bonds. The predicted octanol–water partition coefficient (Wildman–Crippen LogP) is 3.78. The van der Waals surface area contributed by atoms with E-state index in [1.165, 1.54) is 70.0 Å². The summed E-state index contributed by atoms with van der Waals surface area (Å²) in [4.78, 5) is 14.3. The number of hydrogen-bond acceptors (Lipinski definition) is 5. The number of aromatic nitrogens is 1. The molecule has 8 heteroatoms. The molecule has 1 aliphatic carbocycles. The summed E-state index contributed by atoms with van der Waals surface area (Å²) in [5, 5.41) is 7.17. The lowest BCUT2D eigenvalue weighted by atomic mass is 9.79. The number of aliphatic imine (C=N–C) groups is 1. The number of nitrogens with zero attached hydrogens (tertiary/aromatic N) is 4. The zero-order valence-corrected chi connectivity index (χ0v) is 22.9. The lowest BCUT2D eigenvalue weighted by Crippen LogP contribution is -2.59. The van der Waals surface area contributed by atoms with Gasteiger partial charge in [-0.3, -0.25) is 9.89 Å². The monoisotopic (exact) mass is 570 g/mol. The van der Waals surface area contributed by atoms with Crippen LogP contribution in [0.3, 0.4) is 0 Å². The van der Waals surface area contributed by atoms with Gasteiger partial charge in [-0.05, 0) is 57.3 Å². The standard InChI is InChI=1S/C25H42N6O.HI/c1-21-19-30(15-16-32-21)23-10-9-22(17-27-23)18-28-24(26-2)29-20-25(11-5-3-6-12-25)31-13-7-4-8-14-31;/h9-10,17,21H,3-8,11-16,18-20H2,1-2H3,(H2,26,28,29);1H. The summed E-state index contributed by atoms with van der Waals surface area (Å²) >= 11 is 0. The molecular weight excluding hydrogens is 527 g/mol. The van der Waals surface area contributed by atoms with E-state index in [1.54, 1.807) is 0 Å². The van der Waals surface area contributed by atoms with E-state index in [0.29, 0.717) is 5.54 Å². The van der Waals surface area contributed by atoms with Crippen LogP contribution in [0.25, 0.3) is 0 Å². The van der Waals surface area contributed by atoms with E-state index in [4.69, 9.17) is 9.72 Å². The first kappa shape index (κ1) is 26.5. The molecule has 2 N–H and O–H groups in total. The summed E-state index contributed by atoms with van der Waals surface area (Å²) in [7, 11) is 1.87. The number of morpholine rings is 1. The van der Waals surface area contributed by atoms with Crippen LogP contribution in [0.4, 0.5) is 5.82 Å². The molecule has 33 heavy (non-hydrogen) atoms. The van der Waals surface area contributed by atoms with E-state index >= 15 is 0 Å². The van der Waals surface area contributed by atoms with Crippen LogP contribution in [0.1, 0.15) is 63.9 Å². The number of ether oxygens (including phenoxy) is 1. The van der Waals surface area contributed by atoms with Gasteiger partial charge in [0.2, 0.25) is 0 Å². The van der Waals surface area contributed by atoms with Crippen molar-refractivity contribution in [2.24, 2.45) is 4.99 Å². The van der Waals surface area contributed by atoms with Gasteiger partial charge in [-0.2, -0.15) is 0 Å². The molecule has 1 atom stereocenters. The molecule has 3 aliphatic rings. The molecule has 4 rings (SSSR count). The van der Waals surface area contributed by atoms with Crippen LogP contribution in [0.5, 0.6) is 0 Å². The number of halogens is 1. The number of hydrogen-bond donors (Lipinski definition) is 2. The van der Waals surface area contributed by atoms with Crippen molar-refractivity contribution in [1.29, 1.82) is 0 Å². The minimum absolute atomic E-state index is 0. The molecule has 2 aliphatic heterocycles. The van der Waals surface area contributed by atoms with Crippen molar-refractivity contribution in [2.75, 3.05) is 51.3 Å². The van der Waals surface area contributed by atoms with Gasteiger partial charge in [0, 0.05) is 45.0 Å². The Labute approximate surface area is 217 Å². The van der Waals surface area contributed by atoms with Crippen molar-refractivity contribution in [3.63, 3.8) is 0 Å². The summed E-state index contributed by atoms with van der Waals surface area (Å²) in [6.45, 7) is 8.92. The van der Waals surface area contributed by atoms with Crippen LogP contribution in [0, 0.1) is 0 Å². The Morgan fingerprint density at radius 1 is 1.09 bits per heavy atom. The minimum Gasteiger partial charge on any atom is -0.375 e. The fourth-order valence-corrected chi connectivity index (χ4v) is 5.57. The molecule has 0 radical (unpaired) electrons. The average molecular weight is 571 g/mol. The lowest BCUT2D eigenvalue weighted by molar-refractivity contribution is 0.0368. The second-order valence-corrected chi connectivity index (χ2v) is 9.76. The number of guanidine groups is 1. The molecular formula is C25H43IN6O. The van der Waals surface area contributed by atoms with Gasteiger partial charge < -0.3 is 20.3 Å². The molecule has 3 fully saturated rings. The highest BCUT2D eigenvalue weighted by molar-refractivity contribution is 14.0. The van der Waals surface area contributed by atoms with Gasteiger partial charge in [0.05, 0.1) is 12.7 Å². The molecule has 1 saturated carbocycles. The Kier molecular flexibility index (Phi) is 10.5. The van der Waals surface area contributed by atoms with Crippen LogP contribution in [0.2, 0.25) is 0 Å². The third-order valence-corrected chi connectivity index (χ3v) is 7.45. The number of nitrogens with one attached hydrogen (secondary N) is 2. The second-order valence-electron chi connectivity index (χ2n) is 9.76. The highest BCUT2D eigenvalue weighted by Gasteiger charge is 2.38. The number of likely N-dealkylation sites (tertiary alicyclic amines) is 1. The number of pyridine rings is 1. The van der Waals surface area contributed by atoms with Gasteiger partial charge in [-0.1, -0.05) is 31.7 Å². The van der Waals surface area contributed by atoms with E-state index in [0.717, 1.165) is 44.6 Å². The minimum atomic E-state index is 0. The van der Waals surface area contributed by atoms with Gasteiger partial charge in [-0.25, -0.2) is 4.98 Å². The predicted molar refractivity (Wildman–Crippen MR) is 147 cm³/mol. The van der Waals surface area contributed by atoms with Gasteiger partial charge in [0.15, 0.2) is 5.96 Å². The smallest absolute Gasteiger partial charge is 0.191 e. The van der Waals surface area contributed by atoms with E-state index in [9.17, 15) is 0 Å². The maximum Gasteiger partial charge on any atom is 0.191 e. The van der Waals surface area contributed by atoms with Gasteiger partial charge in [-0.15, -0.1) is 24.0 Å². The Balaban J connectivity index is 0.00000306. The van der Waals surface area contributed by atoms with E-state index in [1.807, 2.05) is 13.2 Å². The zero-order chi connectivity index (χ0) is 22.2. The van der Waals surface area contributed by atoms with Crippen LogP contribution >= 0.6 is 24.0 Å². The van der Waals surface area contributed by atoms with Crippen molar-refractivity contribution in [2.45, 2.75) is 76.5 Å². The van der Waals surface area contributed by atoms with E-state index < -0.39 is 0 Å². The van der Waals surface area contributed by atoms with Crippen molar-refractivity contribution < 1.29 is 4.74 Å². The van der Waals surface area contributed by atoms with Crippen molar-refractivity contribution in [3.8, 4) is 0 Å². The molecule has 0 aromatic carbocycles. The maximum atomic E-state index is 5.64. The lowest BCUT2D eigenvalue weighted by Gasteiger charge is -2.48. The topological polar surface area (TPSA) is 65.0 Å². The third kappa shape index (κ3) is 7.18. The van der Waals surface area contributed by atoms with Crippen molar-refractivity contribution in [1.82, 2.24) is 20.5 Å². The Hall–Kier alpha value is -1.13. The summed E-state index contributed by atoms with van der Waals surface area (Å²) < 4.78 is 5.64. The summed E-state index contributed by atoms with van der Waals surface area (Å²) in [6, 6.07) is 4.29. The largest absolute Gasteiger partial charge is 0.375 e. The first-order chi connectivity index (χ1) is 15.7. The molecule has 1 aromatic heterocycles. The van der Waals surface area contributed by atoms with Crippen LogP contribution in [-0.4, -0.2) is 73.9 Å². The number of rotatable bonds is 6. The number of piperidine rings is 1. The normalized spacial score (nSPS) is 24.1. The summed E-state index contributed by atoms with van der Waals surface area (Å²) in [5.74, 6) is 1.92. The molecule has 1 unspecified atom stereocenters. The first-order valence-electron chi connectivity index (χ1n) is 12.7. The molecule has 0 bridgehead atoms. The van der Waals surface area contributed by atoms with Crippen molar-refractivity contribution in [3.05, 3.63) is 23.9 Å². The quantitative estimate of drug-likeness (QED) is 0.309. The number of anilines is 1. The fraction of sp³-hybridized carbons (Fsp3) is 0.760. The maximum absolute atomic E-state index is 5.64. The summed E-state index contributed by atoms with van der Waals surface area (Å²) in [5.41, 5.74) is 1.47. The van der Waals surface area contributed by atoms with Crippen molar-refractivity contribution >= 4 is 35.8 Å². The first-order valence-corrected chi connectivity index (χ1v) is 12.7. The highest BCUT2D eigenvalue weighted by Crippen LogP contribution is 2.35. The molecule has 0 spiro atoms. The Bertz CT molecular complexity index is 731. The van der Waals surface area contributed by atoms with Crippen LogP contribution < -0.4 is 15.5 Å². The molecule has 2 saturated heterocycles. The van der Waals surface area contributed by atoms with Gasteiger partial charge >= 0.3 is 0 Å². The molecule has 7 nitrogen and oxygen atoms in total. The van der Waals surface area contributed by atoms with Gasteiger partial charge in [0.25, 0.3) is 0 Å². The third-order valence-electron chi connectivity index (χ3n) is 7.45. The Morgan fingerprint density at radius 2 is 1.85 bits per heavy atom. The SMILES string of the molecule is CN=C(NCc1ccc(N2CCOC(C)C2)nc1)NCC1(N2CCCCC2)CCCCC1.I. The molecule has 1 aromatic rings. The molecule has 3 heterocycles. The summed E-state index contributed by atoms with van der Waals surface area (Å²) in [6.07, 6.45) is 13.0. The van der Waals surface area contributed by atoms with Gasteiger partial charge in [0.1, 0.15) is 5.82 Å². The van der Waals surface area contributed by atoms with Crippen LogP contribution in [-0.2, 0) is 11.3 Å². The fourth-order valence-electron chi connectivity index (χ4n) is 5.57. The zero-order valence-electron chi connectivity index (χ0n) is 20.5. The van der Waals surface area contributed by atoms with E-state index in [-0.39, 0.29) is 30.1 Å². The van der Waals surface area contributed by atoms with E-state index in [2.05, 4.69) is 44.5 Å². The molecule has 186 valence electrons. The van der Waals surface area contributed by atoms with Crippen LogP contribution in [0.15, 0.2) is 23.3 Å².